The lowest BCUT2D eigenvalue weighted by Gasteiger charge is -2.28. The maximum Gasteiger partial charge on any atom is 0.320 e. The molecule has 1 N–H and O–H groups in total. The van der Waals surface area contributed by atoms with E-state index in [4.69, 9.17) is 5.11 Å². The Morgan fingerprint density at radius 1 is 0.952 bits per heavy atom. The molecule has 0 bridgehead atoms. The first-order chi connectivity index (χ1) is 10.0. The molecule has 2 aromatic rings. The van der Waals surface area contributed by atoms with Crippen molar-refractivity contribution in [2.45, 2.75) is 25.9 Å². The Kier molecular flexibility index (Phi) is 4.76. The molecular formula is C18H21NO2. The molecule has 0 aliphatic carbocycles. The third-order valence-corrected chi connectivity index (χ3v) is 4.08. The van der Waals surface area contributed by atoms with Gasteiger partial charge in [-0.1, -0.05) is 54.6 Å². The van der Waals surface area contributed by atoms with Crippen LogP contribution >= 0.6 is 0 Å². The van der Waals surface area contributed by atoms with Crippen LogP contribution in [0.4, 0.5) is 0 Å². The van der Waals surface area contributed by atoms with Gasteiger partial charge in [0, 0.05) is 6.04 Å². The van der Waals surface area contributed by atoms with Gasteiger partial charge in [-0.2, -0.15) is 0 Å². The Labute approximate surface area is 125 Å². The average molecular weight is 283 g/mol. The summed E-state index contributed by atoms with van der Waals surface area (Å²) >= 11 is 0. The number of aliphatic carboxylic acids is 1. The van der Waals surface area contributed by atoms with Gasteiger partial charge in [0.2, 0.25) is 0 Å². The summed E-state index contributed by atoms with van der Waals surface area (Å²) in [6, 6.07) is 18.1. The van der Waals surface area contributed by atoms with E-state index >= 15 is 0 Å². The monoisotopic (exact) mass is 283 g/mol. The minimum atomic E-state index is -0.801. The molecule has 0 saturated carbocycles. The number of rotatable bonds is 5. The molecule has 3 heteroatoms. The molecule has 2 aromatic carbocycles. The number of likely N-dealkylation sites (N-methyl/N-ethyl adjacent to an activating group) is 1. The summed E-state index contributed by atoms with van der Waals surface area (Å²) in [4.78, 5) is 12.9. The number of hydrogen-bond donors (Lipinski definition) is 1. The number of hydrogen-bond acceptors (Lipinski definition) is 2. The third kappa shape index (κ3) is 3.50. The van der Waals surface area contributed by atoms with Crippen molar-refractivity contribution >= 4 is 5.97 Å². The molecule has 0 aliphatic rings. The summed E-state index contributed by atoms with van der Waals surface area (Å²) in [7, 11) is 1.84. The fraction of sp³-hybridized carbons (Fsp3) is 0.278. The van der Waals surface area contributed by atoms with Crippen LogP contribution in [0.15, 0.2) is 54.6 Å². The zero-order valence-electron chi connectivity index (χ0n) is 12.7. The van der Waals surface area contributed by atoms with Gasteiger partial charge >= 0.3 is 5.97 Å². The van der Waals surface area contributed by atoms with Crippen molar-refractivity contribution in [2.24, 2.45) is 0 Å². The predicted molar refractivity (Wildman–Crippen MR) is 85.2 cm³/mol. The van der Waals surface area contributed by atoms with Gasteiger partial charge in [-0.05, 0) is 37.6 Å². The minimum Gasteiger partial charge on any atom is -0.480 e. The van der Waals surface area contributed by atoms with Crippen LogP contribution in [0.5, 0.6) is 0 Å². The molecule has 0 heterocycles. The zero-order valence-corrected chi connectivity index (χ0v) is 12.7. The molecule has 0 spiro atoms. The first-order valence-corrected chi connectivity index (χ1v) is 7.11. The first kappa shape index (κ1) is 15.3. The van der Waals surface area contributed by atoms with Crippen LogP contribution in [0, 0.1) is 0 Å². The van der Waals surface area contributed by atoms with Crippen LogP contribution < -0.4 is 0 Å². The second-order valence-electron chi connectivity index (χ2n) is 5.34. The van der Waals surface area contributed by atoms with Crippen molar-refractivity contribution in [1.29, 1.82) is 0 Å². The zero-order chi connectivity index (χ0) is 15.4. The molecular weight excluding hydrogens is 262 g/mol. The van der Waals surface area contributed by atoms with Crippen molar-refractivity contribution < 1.29 is 9.90 Å². The standard InChI is InChI=1S/C18H21NO2/c1-13(19(3)14(2)18(20)21)15-9-11-17(12-10-15)16-7-5-4-6-8-16/h4-14H,1-3H3,(H,20,21). The first-order valence-electron chi connectivity index (χ1n) is 7.11. The van der Waals surface area contributed by atoms with Crippen LogP contribution in [-0.4, -0.2) is 29.1 Å². The van der Waals surface area contributed by atoms with E-state index in [0.717, 1.165) is 5.56 Å². The van der Waals surface area contributed by atoms with Gasteiger partial charge in [0.15, 0.2) is 0 Å². The van der Waals surface area contributed by atoms with E-state index in [1.165, 1.54) is 11.1 Å². The molecule has 2 rings (SSSR count). The summed E-state index contributed by atoms with van der Waals surface area (Å²) in [6.07, 6.45) is 0. The van der Waals surface area contributed by atoms with Gasteiger partial charge in [-0.3, -0.25) is 9.69 Å². The molecule has 0 fully saturated rings. The Morgan fingerprint density at radius 3 is 2.00 bits per heavy atom. The topological polar surface area (TPSA) is 40.5 Å². The Morgan fingerprint density at radius 2 is 1.48 bits per heavy atom. The van der Waals surface area contributed by atoms with Gasteiger partial charge in [-0.25, -0.2) is 0 Å². The highest BCUT2D eigenvalue weighted by Gasteiger charge is 2.22. The normalized spacial score (nSPS) is 13.9. The highest BCUT2D eigenvalue weighted by atomic mass is 16.4. The van der Waals surface area contributed by atoms with Gasteiger partial charge in [0.25, 0.3) is 0 Å². The van der Waals surface area contributed by atoms with Gasteiger partial charge < -0.3 is 5.11 Å². The minimum absolute atomic E-state index is 0.0564. The Bertz CT molecular complexity index is 592. The van der Waals surface area contributed by atoms with Crippen molar-refractivity contribution in [3.05, 3.63) is 60.2 Å². The highest BCUT2D eigenvalue weighted by molar-refractivity contribution is 5.73. The lowest BCUT2D eigenvalue weighted by atomic mass is 10.0. The van der Waals surface area contributed by atoms with E-state index in [9.17, 15) is 4.79 Å². The maximum absolute atomic E-state index is 11.1. The lowest BCUT2D eigenvalue weighted by Crippen LogP contribution is -2.37. The lowest BCUT2D eigenvalue weighted by molar-refractivity contribution is -0.142. The van der Waals surface area contributed by atoms with Crippen molar-refractivity contribution in [3.63, 3.8) is 0 Å². The number of nitrogens with zero attached hydrogens (tertiary/aromatic N) is 1. The van der Waals surface area contributed by atoms with E-state index in [1.807, 2.05) is 37.1 Å². The summed E-state index contributed by atoms with van der Waals surface area (Å²) in [5.74, 6) is -0.801. The summed E-state index contributed by atoms with van der Waals surface area (Å²) in [6.45, 7) is 3.73. The van der Waals surface area contributed by atoms with E-state index in [2.05, 4.69) is 36.4 Å². The highest BCUT2D eigenvalue weighted by Crippen LogP contribution is 2.25. The molecule has 0 saturated heterocycles. The van der Waals surface area contributed by atoms with E-state index in [-0.39, 0.29) is 6.04 Å². The number of carbonyl (C=O) groups is 1. The molecule has 110 valence electrons. The van der Waals surface area contributed by atoms with Gasteiger partial charge in [-0.15, -0.1) is 0 Å². The molecule has 0 radical (unpaired) electrons. The maximum atomic E-state index is 11.1. The molecule has 3 nitrogen and oxygen atoms in total. The van der Waals surface area contributed by atoms with Crippen LogP contribution in [0.2, 0.25) is 0 Å². The number of carboxylic acids is 1. The van der Waals surface area contributed by atoms with Crippen molar-refractivity contribution in [1.82, 2.24) is 4.90 Å². The molecule has 0 aliphatic heterocycles. The quantitative estimate of drug-likeness (QED) is 0.907. The smallest absolute Gasteiger partial charge is 0.320 e. The van der Waals surface area contributed by atoms with Crippen LogP contribution in [0.3, 0.4) is 0 Å². The second kappa shape index (κ2) is 6.55. The second-order valence-corrected chi connectivity index (χ2v) is 5.34. The number of carboxylic acid groups (broad SMARTS) is 1. The van der Waals surface area contributed by atoms with Crippen molar-refractivity contribution in [3.8, 4) is 11.1 Å². The van der Waals surface area contributed by atoms with Gasteiger partial charge in [0.1, 0.15) is 6.04 Å². The molecule has 0 amide bonds. The fourth-order valence-electron chi connectivity index (χ4n) is 2.33. The fourth-order valence-corrected chi connectivity index (χ4v) is 2.33. The SMILES string of the molecule is CC(C(=O)O)N(C)C(C)c1ccc(-c2ccccc2)cc1. The molecule has 21 heavy (non-hydrogen) atoms. The average Bonchev–Trinajstić information content (AvgIpc) is 2.53. The molecule has 0 aromatic heterocycles. The summed E-state index contributed by atoms with van der Waals surface area (Å²) in [5, 5.41) is 9.10. The van der Waals surface area contributed by atoms with E-state index < -0.39 is 12.0 Å². The van der Waals surface area contributed by atoms with Crippen LogP contribution in [0.1, 0.15) is 25.5 Å². The largest absolute Gasteiger partial charge is 0.480 e. The number of benzene rings is 2. The predicted octanol–water partition coefficient (Wildman–Crippen LogP) is 3.82. The molecule has 2 atom stereocenters. The van der Waals surface area contributed by atoms with Crippen molar-refractivity contribution in [2.75, 3.05) is 7.05 Å². The molecule has 2 unspecified atom stereocenters. The Balaban J connectivity index is 2.17. The Hall–Kier alpha value is -2.13. The van der Waals surface area contributed by atoms with Gasteiger partial charge in [0.05, 0.1) is 0 Å². The van der Waals surface area contributed by atoms with E-state index in [0.29, 0.717) is 0 Å². The van der Waals surface area contributed by atoms with Crippen LogP contribution in [0.25, 0.3) is 11.1 Å². The van der Waals surface area contributed by atoms with Crippen LogP contribution in [-0.2, 0) is 4.79 Å². The summed E-state index contributed by atoms with van der Waals surface area (Å²) in [5.41, 5.74) is 3.47. The third-order valence-electron chi connectivity index (χ3n) is 4.08. The summed E-state index contributed by atoms with van der Waals surface area (Å²) < 4.78 is 0. The van der Waals surface area contributed by atoms with E-state index in [1.54, 1.807) is 6.92 Å².